The molecule has 3 N–H and O–H groups in total. The van der Waals surface area contributed by atoms with Gasteiger partial charge in [-0.05, 0) is 30.3 Å². The van der Waals surface area contributed by atoms with E-state index >= 15 is 0 Å². The number of aromatic amines is 1. The highest BCUT2D eigenvalue weighted by Gasteiger charge is 2.16. The first-order chi connectivity index (χ1) is 15.1. The number of benzene rings is 1. The molecule has 0 aliphatic carbocycles. The van der Waals surface area contributed by atoms with Crippen LogP contribution in [-0.2, 0) is 0 Å². The summed E-state index contributed by atoms with van der Waals surface area (Å²) in [5, 5.41) is 16.2. The number of pyridine rings is 1. The zero-order valence-corrected chi connectivity index (χ0v) is 17.6. The van der Waals surface area contributed by atoms with Gasteiger partial charge in [-0.15, -0.1) is 0 Å². The van der Waals surface area contributed by atoms with Crippen LogP contribution in [0.1, 0.15) is 5.56 Å². The average molecular weight is 451 g/mol. The van der Waals surface area contributed by atoms with Crippen LogP contribution < -0.4 is 10.6 Å². The number of nitrogens with one attached hydrogen (secondary N) is 3. The predicted molar refractivity (Wildman–Crippen MR) is 121 cm³/mol. The first kappa shape index (κ1) is 20.6. The van der Waals surface area contributed by atoms with Gasteiger partial charge in [0.15, 0.2) is 0 Å². The van der Waals surface area contributed by atoms with Gasteiger partial charge in [-0.1, -0.05) is 23.2 Å². The van der Waals surface area contributed by atoms with Crippen molar-refractivity contribution >= 4 is 35.0 Å². The Bertz CT molecular complexity index is 1220. The molecular formula is C21H16Cl2N8. The maximum atomic E-state index is 8.83. The summed E-state index contributed by atoms with van der Waals surface area (Å²) in [5.41, 5.74) is 2.60. The van der Waals surface area contributed by atoms with Crippen molar-refractivity contribution in [2.75, 3.05) is 23.7 Å². The molecule has 0 atom stereocenters. The SMILES string of the molecule is N#Cc1ccc(NCCNc2ncc(-c3ncc[nH]3)c(-c3ccc(Cl)cc3Cl)n2)nc1. The molecule has 0 radical (unpaired) electrons. The summed E-state index contributed by atoms with van der Waals surface area (Å²) in [7, 11) is 0. The topological polar surface area (TPSA) is 115 Å². The number of hydrogen-bond acceptors (Lipinski definition) is 7. The molecule has 0 spiro atoms. The highest BCUT2D eigenvalue weighted by molar-refractivity contribution is 6.36. The van der Waals surface area contributed by atoms with Crippen LogP contribution in [0.3, 0.4) is 0 Å². The van der Waals surface area contributed by atoms with Gasteiger partial charge in [0.1, 0.15) is 17.7 Å². The largest absolute Gasteiger partial charge is 0.368 e. The molecule has 0 aliphatic rings. The second-order valence-electron chi connectivity index (χ2n) is 6.42. The summed E-state index contributed by atoms with van der Waals surface area (Å²) in [6.45, 7) is 1.13. The second kappa shape index (κ2) is 9.43. The Balaban J connectivity index is 1.51. The van der Waals surface area contributed by atoms with E-state index in [0.29, 0.717) is 52.0 Å². The standard InChI is InChI=1S/C21H16Cl2N8/c22-14-2-3-15(17(23)9-14)19-16(20-26-6-7-27-20)12-30-21(31-19)28-8-5-25-18-4-1-13(10-24)11-29-18/h1-4,6-7,9,11-12H,5,8H2,(H,25,29)(H,26,27)(H,28,30,31). The van der Waals surface area contributed by atoms with E-state index < -0.39 is 0 Å². The van der Waals surface area contributed by atoms with Crippen molar-refractivity contribution in [2.45, 2.75) is 0 Å². The van der Waals surface area contributed by atoms with Crippen molar-refractivity contribution in [2.24, 2.45) is 0 Å². The third-order valence-electron chi connectivity index (χ3n) is 4.34. The summed E-state index contributed by atoms with van der Waals surface area (Å²) >= 11 is 12.5. The molecule has 4 aromatic rings. The van der Waals surface area contributed by atoms with E-state index in [4.69, 9.17) is 28.5 Å². The van der Waals surface area contributed by atoms with Crippen LogP contribution in [0.2, 0.25) is 10.0 Å². The van der Waals surface area contributed by atoms with E-state index in [9.17, 15) is 0 Å². The number of hydrogen-bond donors (Lipinski definition) is 3. The molecule has 0 amide bonds. The normalized spacial score (nSPS) is 10.5. The number of nitrogens with zero attached hydrogens (tertiary/aromatic N) is 5. The van der Waals surface area contributed by atoms with E-state index in [-0.39, 0.29) is 0 Å². The quantitative estimate of drug-likeness (QED) is 0.351. The fraction of sp³-hybridized carbons (Fsp3) is 0.0952. The van der Waals surface area contributed by atoms with Gasteiger partial charge in [-0.3, -0.25) is 0 Å². The second-order valence-corrected chi connectivity index (χ2v) is 7.26. The van der Waals surface area contributed by atoms with Crippen LogP contribution in [0, 0.1) is 11.3 Å². The number of anilines is 2. The van der Waals surface area contributed by atoms with Crippen LogP contribution in [0.4, 0.5) is 11.8 Å². The Kier molecular flexibility index (Phi) is 6.26. The van der Waals surface area contributed by atoms with Crippen molar-refractivity contribution in [1.29, 1.82) is 5.26 Å². The molecule has 0 fully saturated rings. The molecule has 1 aromatic carbocycles. The monoisotopic (exact) mass is 450 g/mol. The van der Waals surface area contributed by atoms with Gasteiger partial charge in [0.25, 0.3) is 0 Å². The van der Waals surface area contributed by atoms with Crippen LogP contribution in [0.5, 0.6) is 0 Å². The highest BCUT2D eigenvalue weighted by atomic mass is 35.5. The molecule has 4 rings (SSSR count). The number of nitriles is 1. The van der Waals surface area contributed by atoms with E-state index in [1.165, 1.54) is 6.20 Å². The minimum absolute atomic E-state index is 0.450. The maximum absolute atomic E-state index is 8.83. The number of rotatable bonds is 7. The van der Waals surface area contributed by atoms with Crippen molar-refractivity contribution in [3.05, 3.63) is 70.7 Å². The lowest BCUT2D eigenvalue weighted by molar-refractivity contribution is 1.02. The van der Waals surface area contributed by atoms with E-state index in [0.717, 1.165) is 11.1 Å². The summed E-state index contributed by atoms with van der Waals surface area (Å²) in [6.07, 6.45) is 6.62. The number of imidazole rings is 1. The lowest BCUT2D eigenvalue weighted by Crippen LogP contribution is -2.16. The molecule has 0 aliphatic heterocycles. The zero-order chi connectivity index (χ0) is 21.6. The smallest absolute Gasteiger partial charge is 0.223 e. The number of halogens is 2. The van der Waals surface area contributed by atoms with Crippen LogP contribution in [-0.4, -0.2) is 38.0 Å². The maximum Gasteiger partial charge on any atom is 0.223 e. The summed E-state index contributed by atoms with van der Waals surface area (Å²) in [5.74, 6) is 1.77. The lowest BCUT2D eigenvalue weighted by Gasteiger charge is -2.12. The lowest BCUT2D eigenvalue weighted by atomic mass is 10.1. The van der Waals surface area contributed by atoms with E-state index in [1.807, 2.05) is 12.1 Å². The van der Waals surface area contributed by atoms with Crippen LogP contribution in [0.25, 0.3) is 22.6 Å². The summed E-state index contributed by atoms with van der Waals surface area (Å²) in [4.78, 5) is 20.6. The predicted octanol–water partition coefficient (Wildman–Crippen LogP) is 4.63. The molecule has 0 unspecified atom stereocenters. The Labute approximate surface area is 188 Å². The molecule has 154 valence electrons. The zero-order valence-electron chi connectivity index (χ0n) is 16.1. The minimum atomic E-state index is 0.450. The third-order valence-corrected chi connectivity index (χ3v) is 4.88. The van der Waals surface area contributed by atoms with E-state index in [1.54, 1.807) is 42.9 Å². The molecule has 31 heavy (non-hydrogen) atoms. The fourth-order valence-electron chi connectivity index (χ4n) is 2.87. The fourth-order valence-corrected chi connectivity index (χ4v) is 3.37. The molecule has 8 nitrogen and oxygen atoms in total. The average Bonchev–Trinajstić information content (AvgIpc) is 3.32. The van der Waals surface area contributed by atoms with Crippen LogP contribution in [0.15, 0.2) is 55.1 Å². The number of H-pyrrole nitrogens is 1. The molecule has 10 heteroatoms. The minimum Gasteiger partial charge on any atom is -0.368 e. The van der Waals surface area contributed by atoms with Crippen molar-refractivity contribution in [3.8, 4) is 28.7 Å². The van der Waals surface area contributed by atoms with Gasteiger partial charge in [0, 0.05) is 48.5 Å². The van der Waals surface area contributed by atoms with Gasteiger partial charge in [-0.2, -0.15) is 5.26 Å². The summed E-state index contributed by atoms with van der Waals surface area (Å²) in [6, 6.07) is 10.8. The van der Waals surface area contributed by atoms with Crippen LogP contribution >= 0.6 is 23.2 Å². The van der Waals surface area contributed by atoms with Crippen molar-refractivity contribution < 1.29 is 0 Å². The van der Waals surface area contributed by atoms with Gasteiger partial charge in [0.2, 0.25) is 5.95 Å². The van der Waals surface area contributed by atoms with Gasteiger partial charge in [-0.25, -0.2) is 19.9 Å². The number of aromatic nitrogens is 5. The van der Waals surface area contributed by atoms with E-state index in [2.05, 4.69) is 35.6 Å². The molecule has 0 bridgehead atoms. The Morgan fingerprint density at radius 3 is 2.55 bits per heavy atom. The summed E-state index contributed by atoms with van der Waals surface area (Å²) < 4.78 is 0. The first-order valence-electron chi connectivity index (χ1n) is 9.30. The van der Waals surface area contributed by atoms with Crippen molar-refractivity contribution in [1.82, 2.24) is 24.9 Å². The Morgan fingerprint density at radius 1 is 0.968 bits per heavy atom. The molecule has 0 saturated carbocycles. The van der Waals surface area contributed by atoms with Crippen molar-refractivity contribution in [3.63, 3.8) is 0 Å². The molecule has 0 saturated heterocycles. The molecule has 3 aromatic heterocycles. The Morgan fingerprint density at radius 2 is 1.84 bits per heavy atom. The highest BCUT2D eigenvalue weighted by Crippen LogP contribution is 2.34. The van der Waals surface area contributed by atoms with Gasteiger partial charge >= 0.3 is 0 Å². The molecular weight excluding hydrogens is 435 g/mol. The third kappa shape index (κ3) is 4.91. The molecule has 3 heterocycles. The van der Waals surface area contributed by atoms with Gasteiger partial charge in [0.05, 0.1) is 21.8 Å². The van der Waals surface area contributed by atoms with Gasteiger partial charge < -0.3 is 15.6 Å². The Hall–Kier alpha value is -3.67. The first-order valence-corrected chi connectivity index (χ1v) is 10.1.